The van der Waals surface area contributed by atoms with Crippen molar-refractivity contribution < 1.29 is 14.3 Å². The molecule has 1 amide bonds. The number of carbonyl (C=O) groups is 1. The molecule has 1 atom stereocenters. The zero-order valence-corrected chi connectivity index (χ0v) is 14.8. The van der Waals surface area contributed by atoms with E-state index in [0.717, 1.165) is 10.2 Å². The van der Waals surface area contributed by atoms with E-state index in [-0.39, 0.29) is 12.5 Å². The number of amides is 1. The van der Waals surface area contributed by atoms with Crippen LogP contribution in [0.1, 0.15) is 25.3 Å². The van der Waals surface area contributed by atoms with Gasteiger partial charge in [-0.15, -0.1) is 0 Å². The Labute approximate surface area is 149 Å². The molecule has 3 aromatic rings. The molecule has 0 aliphatic carbocycles. The van der Waals surface area contributed by atoms with Crippen LogP contribution in [-0.2, 0) is 4.79 Å². The average Bonchev–Trinajstić information content (AvgIpc) is 3.02. The number of nitrogens with zero attached hydrogens (tertiary/aromatic N) is 1. The fraction of sp³-hybridized carbons (Fsp3) is 0.263. The second-order valence-corrected chi connectivity index (χ2v) is 7.29. The first-order valence-electron chi connectivity index (χ1n) is 8.20. The summed E-state index contributed by atoms with van der Waals surface area (Å²) in [6.07, 6.45) is -0.687. The van der Waals surface area contributed by atoms with Crippen molar-refractivity contribution >= 4 is 32.6 Å². The van der Waals surface area contributed by atoms with Gasteiger partial charge in [0.05, 0.1) is 10.2 Å². The molecular formula is C19H18N2O3S. The van der Waals surface area contributed by atoms with Crippen LogP contribution in [0.5, 0.6) is 11.5 Å². The Morgan fingerprint density at radius 2 is 2.04 bits per heavy atom. The maximum Gasteiger partial charge on any atom is 0.270 e. The second kappa shape index (κ2) is 6.37. The third kappa shape index (κ3) is 3.17. The quantitative estimate of drug-likeness (QED) is 0.766. The van der Waals surface area contributed by atoms with Gasteiger partial charge < -0.3 is 9.47 Å². The zero-order chi connectivity index (χ0) is 17.4. The smallest absolute Gasteiger partial charge is 0.270 e. The number of hydrogen-bond acceptors (Lipinski definition) is 5. The van der Waals surface area contributed by atoms with Crippen LogP contribution in [0.25, 0.3) is 10.2 Å². The highest BCUT2D eigenvalue weighted by molar-refractivity contribution is 7.22. The minimum absolute atomic E-state index is 0.186. The molecule has 0 radical (unpaired) electrons. The van der Waals surface area contributed by atoms with Gasteiger partial charge in [0.15, 0.2) is 16.6 Å². The molecule has 0 saturated carbocycles. The van der Waals surface area contributed by atoms with E-state index >= 15 is 0 Å². The van der Waals surface area contributed by atoms with E-state index in [1.54, 1.807) is 6.07 Å². The molecule has 2 heterocycles. The number of rotatable bonds is 3. The summed E-state index contributed by atoms with van der Waals surface area (Å²) in [5, 5.41) is 3.42. The summed E-state index contributed by atoms with van der Waals surface area (Å²) < 4.78 is 12.4. The van der Waals surface area contributed by atoms with Gasteiger partial charge in [-0.1, -0.05) is 43.4 Å². The number of thiazole rings is 1. The SMILES string of the molecule is CC(C)c1ccc2nc(NC(=O)[C@H]3COc4ccccc4O3)sc2c1. The molecule has 0 fully saturated rings. The van der Waals surface area contributed by atoms with Crippen LogP contribution in [-0.4, -0.2) is 23.6 Å². The molecule has 5 nitrogen and oxygen atoms in total. The van der Waals surface area contributed by atoms with E-state index in [4.69, 9.17) is 9.47 Å². The van der Waals surface area contributed by atoms with Crippen molar-refractivity contribution in [3.63, 3.8) is 0 Å². The van der Waals surface area contributed by atoms with Crippen molar-refractivity contribution in [2.45, 2.75) is 25.9 Å². The summed E-state index contributed by atoms with van der Waals surface area (Å²) in [6, 6.07) is 13.5. The standard InChI is InChI=1S/C19H18N2O3S/c1-11(2)12-7-8-13-17(9-12)25-19(20-13)21-18(22)16-10-23-14-5-3-4-6-15(14)24-16/h3-9,11,16H,10H2,1-2H3,(H,20,21,22)/t16-/m1/s1. The molecule has 4 rings (SSSR count). The van der Waals surface area contributed by atoms with Gasteiger partial charge in [0.25, 0.3) is 5.91 Å². The number of benzene rings is 2. The lowest BCUT2D eigenvalue weighted by Crippen LogP contribution is -2.40. The van der Waals surface area contributed by atoms with Crippen LogP contribution in [0, 0.1) is 0 Å². The van der Waals surface area contributed by atoms with Gasteiger partial charge >= 0.3 is 0 Å². The van der Waals surface area contributed by atoms with Gasteiger partial charge in [-0.2, -0.15) is 0 Å². The average molecular weight is 354 g/mol. The van der Waals surface area contributed by atoms with E-state index in [0.29, 0.717) is 22.5 Å². The fourth-order valence-corrected chi connectivity index (χ4v) is 3.61. The van der Waals surface area contributed by atoms with E-state index in [1.165, 1.54) is 16.9 Å². The molecule has 0 saturated heterocycles. The molecule has 0 bridgehead atoms. The predicted octanol–water partition coefficient (Wildman–Crippen LogP) is 4.20. The predicted molar refractivity (Wildman–Crippen MR) is 98.7 cm³/mol. The second-order valence-electron chi connectivity index (χ2n) is 6.25. The maximum absolute atomic E-state index is 12.5. The fourth-order valence-electron chi connectivity index (χ4n) is 2.69. The number of fused-ring (bicyclic) bond motifs is 2. The normalized spacial score (nSPS) is 16.2. The van der Waals surface area contributed by atoms with E-state index in [1.807, 2.05) is 24.3 Å². The van der Waals surface area contributed by atoms with E-state index < -0.39 is 6.10 Å². The Morgan fingerprint density at radius 3 is 2.84 bits per heavy atom. The summed E-state index contributed by atoms with van der Waals surface area (Å²) in [7, 11) is 0. The highest BCUT2D eigenvalue weighted by atomic mass is 32.1. The minimum atomic E-state index is -0.687. The highest BCUT2D eigenvalue weighted by Crippen LogP contribution is 2.32. The molecule has 0 unspecified atom stereocenters. The summed E-state index contributed by atoms with van der Waals surface area (Å²) in [5.74, 6) is 1.45. The Morgan fingerprint density at radius 1 is 1.24 bits per heavy atom. The zero-order valence-electron chi connectivity index (χ0n) is 14.0. The van der Waals surface area contributed by atoms with Gasteiger partial charge in [-0.05, 0) is 35.7 Å². The number of para-hydroxylation sites is 2. The Balaban J connectivity index is 1.50. The Bertz CT molecular complexity index is 935. The lowest BCUT2D eigenvalue weighted by molar-refractivity contribution is -0.125. The number of anilines is 1. The van der Waals surface area contributed by atoms with Gasteiger partial charge in [0.1, 0.15) is 6.61 Å². The number of hydrogen-bond donors (Lipinski definition) is 1. The monoisotopic (exact) mass is 354 g/mol. The summed E-state index contributed by atoms with van der Waals surface area (Å²) in [6.45, 7) is 4.50. The first-order valence-corrected chi connectivity index (χ1v) is 9.01. The maximum atomic E-state index is 12.5. The number of ether oxygens (including phenoxy) is 2. The molecule has 0 spiro atoms. The first-order chi connectivity index (χ1) is 12.1. The van der Waals surface area contributed by atoms with E-state index in [2.05, 4.69) is 36.3 Å². The molecule has 2 aromatic carbocycles. The van der Waals surface area contributed by atoms with Gasteiger partial charge in [-0.3, -0.25) is 10.1 Å². The van der Waals surface area contributed by atoms with Crippen LogP contribution < -0.4 is 14.8 Å². The lowest BCUT2D eigenvalue weighted by Gasteiger charge is -2.25. The largest absolute Gasteiger partial charge is 0.485 e. The molecule has 1 aliphatic heterocycles. The van der Waals surface area contributed by atoms with Crippen molar-refractivity contribution in [3.05, 3.63) is 48.0 Å². The molecule has 6 heteroatoms. The molecule has 1 aromatic heterocycles. The Kier molecular flexibility index (Phi) is 4.05. The van der Waals surface area contributed by atoms with Gasteiger partial charge in [0.2, 0.25) is 6.10 Å². The van der Waals surface area contributed by atoms with Crippen LogP contribution in [0.15, 0.2) is 42.5 Å². The summed E-state index contributed by atoms with van der Waals surface area (Å²) >= 11 is 1.47. The van der Waals surface area contributed by atoms with Crippen LogP contribution in [0.3, 0.4) is 0 Å². The Hall–Kier alpha value is -2.60. The number of nitrogens with one attached hydrogen (secondary N) is 1. The third-order valence-corrected chi connectivity index (χ3v) is 5.04. The topological polar surface area (TPSA) is 60.5 Å². The van der Waals surface area contributed by atoms with E-state index in [9.17, 15) is 4.79 Å². The third-order valence-electron chi connectivity index (χ3n) is 4.11. The molecular weight excluding hydrogens is 336 g/mol. The van der Waals surface area contributed by atoms with Crippen LogP contribution >= 0.6 is 11.3 Å². The van der Waals surface area contributed by atoms with Crippen LogP contribution in [0.2, 0.25) is 0 Å². The number of carbonyl (C=O) groups excluding carboxylic acids is 1. The van der Waals surface area contributed by atoms with Crippen molar-refractivity contribution in [2.24, 2.45) is 0 Å². The van der Waals surface area contributed by atoms with Gasteiger partial charge in [0, 0.05) is 0 Å². The minimum Gasteiger partial charge on any atom is -0.485 e. The van der Waals surface area contributed by atoms with Crippen LogP contribution in [0.4, 0.5) is 5.13 Å². The van der Waals surface area contributed by atoms with Crippen molar-refractivity contribution in [1.82, 2.24) is 4.98 Å². The first kappa shape index (κ1) is 15.9. The van der Waals surface area contributed by atoms with Gasteiger partial charge in [-0.25, -0.2) is 4.98 Å². The lowest BCUT2D eigenvalue weighted by atomic mass is 10.0. The molecule has 128 valence electrons. The molecule has 1 aliphatic rings. The summed E-state index contributed by atoms with van der Waals surface area (Å²) in [5.41, 5.74) is 2.14. The van der Waals surface area contributed by atoms with Crippen molar-refractivity contribution in [3.8, 4) is 11.5 Å². The summed E-state index contributed by atoms with van der Waals surface area (Å²) in [4.78, 5) is 17.0. The van der Waals surface area contributed by atoms with Crippen molar-refractivity contribution in [1.29, 1.82) is 0 Å². The van der Waals surface area contributed by atoms with Crippen molar-refractivity contribution in [2.75, 3.05) is 11.9 Å². The molecule has 25 heavy (non-hydrogen) atoms. The number of aromatic nitrogens is 1. The molecule has 1 N–H and O–H groups in total. The highest BCUT2D eigenvalue weighted by Gasteiger charge is 2.28.